The van der Waals surface area contributed by atoms with Gasteiger partial charge < -0.3 is 18.6 Å². The van der Waals surface area contributed by atoms with Gasteiger partial charge >= 0.3 is 5.63 Å². The number of fused-ring (bicyclic) bond motifs is 1. The predicted molar refractivity (Wildman–Crippen MR) is 168 cm³/mol. The van der Waals surface area contributed by atoms with Crippen LogP contribution in [-0.2, 0) is 0 Å². The van der Waals surface area contributed by atoms with E-state index in [1.54, 1.807) is 6.07 Å². The molecular weight excluding hydrogens is 500 g/mol. The van der Waals surface area contributed by atoms with Crippen molar-refractivity contribution in [2.24, 2.45) is 0 Å². The van der Waals surface area contributed by atoms with E-state index in [2.05, 4.69) is 52.8 Å². The van der Waals surface area contributed by atoms with E-state index in [0.29, 0.717) is 35.7 Å². The van der Waals surface area contributed by atoms with Crippen molar-refractivity contribution in [3.63, 3.8) is 0 Å². The molecule has 0 aliphatic rings. The van der Waals surface area contributed by atoms with Crippen LogP contribution in [0.15, 0.2) is 62.9 Å². The Labute approximate surface area is 242 Å². The summed E-state index contributed by atoms with van der Waals surface area (Å²) in [6, 6.07) is 5.51. The lowest BCUT2D eigenvalue weighted by Gasteiger charge is -2.16. The molecule has 1 aromatic carbocycles. The maximum atomic E-state index is 13.0. The molecule has 40 heavy (non-hydrogen) atoms. The lowest BCUT2D eigenvalue weighted by Crippen LogP contribution is -2.12. The number of rotatable bonds is 21. The summed E-state index contributed by atoms with van der Waals surface area (Å²) in [6.07, 6.45) is 21.9. The first-order chi connectivity index (χ1) is 19.5. The van der Waals surface area contributed by atoms with Gasteiger partial charge in [-0.3, -0.25) is 0 Å². The molecule has 0 spiro atoms. The van der Waals surface area contributed by atoms with Gasteiger partial charge in [-0.15, -0.1) is 0 Å². The quantitative estimate of drug-likeness (QED) is 0.0876. The number of unbranched alkanes of at least 4 members (excludes halogenated alkanes) is 7. The van der Waals surface area contributed by atoms with E-state index < -0.39 is 5.63 Å². The standard InChI is InChI=1S/C35H52O5/c1-6-8-10-12-13-14-15-17-26-38-33-32-30(37-25-16-11-9-7-2)22-19-23-31(32)40-35(36)34(33)39-27-24-29(5)21-18-20-28(3)4/h9,11,19-20,22-24H,6-8,10,12-18,21,25-27H2,1-5H3/b11-9?,29-24+. The average molecular weight is 553 g/mol. The van der Waals surface area contributed by atoms with Crippen LogP contribution in [0.25, 0.3) is 11.0 Å². The zero-order valence-corrected chi connectivity index (χ0v) is 25.7. The van der Waals surface area contributed by atoms with Crippen LogP contribution in [0.5, 0.6) is 17.2 Å². The van der Waals surface area contributed by atoms with Crippen LogP contribution >= 0.6 is 0 Å². The van der Waals surface area contributed by atoms with Gasteiger partial charge in [-0.25, -0.2) is 4.79 Å². The van der Waals surface area contributed by atoms with Crippen molar-refractivity contribution in [3.05, 3.63) is 64.1 Å². The first-order valence-electron chi connectivity index (χ1n) is 15.4. The highest BCUT2D eigenvalue weighted by Crippen LogP contribution is 2.39. The summed E-state index contributed by atoms with van der Waals surface area (Å²) in [6.45, 7) is 12.0. The Morgan fingerprint density at radius 2 is 1.55 bits per heavy atom. The molecule has 0 saturated heterocycles. The van der Waals surface area contributed by atoms with Crippen molar-refractivity contribution >= 4 is 11.0 Å². The van der Waals surface area contributed by atoms with E-state index in [9.17, 15) is 4.79 Å². The van der Waals surface area contributed by atoms with Crippen molar-refractivity contribution in [3.8, 4) is 17.2 Å². The zero-order valence-electron chi connectivity index (χ0n) is 25.7. The van der Waals surface area contributed by atoms with Crippen molar-refractivity contribution in [1.29, 1.82) is 0 Å². The molecule has 0 aliphatic heterocycles. The van der Waals surface area contributed by atoms with Crippen LogP contribution < -0.4 is 19.8 Å². The summed E-state index contributed by atoms with van der Waals surface area (Å²) in [7, 11) is 0. The molecule has 0 atom stereocenters. The molecule has 0 unspecified atom stereocenters. The van der Waals surface area contributed by atoms with Gasteiger partial charge in [0.2, 0.25) is 5.75 Å². The van der Waals surface area contributed by atoms with Gasteiger partial charge in [-0.2, -0.15) is 0 Å². The highest BCUT2D eigenvalue weighted by molar-refractivity contribution is 5.91. The monoisotopic (exact) mass is 552 g/mol. The fraction of sp³-hybridized carbons (Fsp3) is 0.571. The number of hydrogen-bond donors (Lipinski definition) is 0. The molecule has 2 aromatic rings. The van der Waals surface area contributed by atoms with Crippen molar-refractivity contribution < 1.29 is 18.6 Å². The van der Waals surface area contributed by atoms with Gasteiger partial charge in [0.05, 0.1) is 13.2 Å². The molecule has 0 saturated carbocycles. The molecule has 1 heterocycles. The Bertz CT molecular complexity index is 1130. The van der Waals surface area contributed by atoms with E-state index in [1.165, 1.54) is 49.7 Å². The topological polar surface area (TPSA) is 57.9 Å². The van der Waals surface area contributed by atoms with Crippen LogP contribution in [0, 0.1) is 0 Å². The fourth-order valence-corrected chi connectivity index (χ4v) is 4.44. The summed E-state index contributed by atoms with van der Waals surface area (Å²) in [5, 5.41) is 0.653. The third kappa shape index (κ3) is 12.5. The van der Waals surface area contributed by atoms with E-state index in [-0.39, 0.29) is 12.4 Å². The number of allylic oxidation sites excluding steroid dienone is 4. The van der Waals surface area contributed by atoms with Crippen LogP contribution in [-0.4, -0.2) is 19.8 Å². The van der Waals surface area contributed by atoms with E-state index in [4.69, 9.17) is 18.6 Å². The average Bonchev–Trinajstić information content (AvgIpc) is 2.92. The Balaban J connectivity index is 2.20. The maximum Gasteiger partial charge on any atom is 0.383 e. The Morgan fingerprint density at radius 3 is 2.27 bits per heavy atom. The first kappa shape index (κ1) is 33.3. The Morgan fingerprint density at radius 1 is 0.800 bits per heavy atom. The van der Waals surface area contributed by atoms with Gasteiger partial charge in [-0.05, 0) is 71.1 Å². The molecule has 0 amide bonds. The molecule has 0 fully saturated rings. The van der Waals surface area contributed by atoms with Crippen molar-refractivity contribution in [1.82, 2.24) is 0 Å². The summed E-state index contributed by atoms with van der Waals surface area (Å²) in [4.78, 5) is 13.0. The molecule has 5 nitrogen and oxygen atoms in total. The van der Waals surface area contributed by atoms with Crippen LogP contribution in [0.2, 0.25) is 0 Å². The fourth-order valence-electron chi connectivity index (χ4n) is 4.44. The molecule has 2 rings (SSSR count). The second-order valence-electron chi connectivity index (χ2n) is 10.7. The maximum absolute atomic E-state index is 13.0. The minimum Gasteiger partial charge on any atom is -0.492 e. The SMILES string of the molecule is CCC=CCCOc1cccc2oc(=O)c(OC/C=C(\C)CCC=C(C)C)c(OCCCCCCCCCC)c12. The predicted octanol–water partition coefficient (Wildman–Crippen LogP) is 10.1. The zero-order chi connectivity index (χ0) is 29.0. The minimum atomic E-state index is -0.531. The van der Waals surface area contributed by atoms with Gasteiger partial charge in [-0.1, -0.05) is 94.2 Å². The second-order valence-corrected chi connectivity index (χ2v) is 10.7. The van der Waals surface area contributed by atoms with Gasteiger partial charge in [0, 0.05) is 0 Å². The van der Waals surface area contributed by atoms with Crippen LogP contribution in [0.3, 0.4) is 0 Å². The van der Waals surface area contributed by atoms with Gasteiger partial charge in [0.15, 0.2) is 5.75 Å². The molecule has 0 bridgehead atoms. The van der Waals surface area contributed by atoms with Crippen LogP contribution in [0.1, 0.15) is 112 Å². The third-order valence-corrected chi connectivity index (χ3v) is 6.75. The largest absolute Gasteiger partial charge is 0.492 e. The summed E-state index contributed by atoms with van der Waals surface area (Å²) in [5.74, 6) is 1.17. The lowest BCUT2D eigenvalue weighted by atomic mass is 10.1. The summed E-state index contributed by atoms with van der Waals surface area (Å²) >= 11 is 0. The van der Waals surface area contributed by atoms with Crippen molar-refractivity contribution in [2.45, 2.75) is 112 Å². The molecular formula is C35H52O5. The second kappa shape index (κ2) is 20.0. The van der Waals surface area contributed by atoms with Gasteiger partial charge in [0.25, 0.3) is 0 Å². The summed E-state index contributed by atoms with van der Waals surface area (Å²) in [5.41, 5.74) is 2.44. The Kier molecular flexibility index (Phi) is 16.6. The molecule has 5 heteroatoms. The van der Waals surface area contributed by atoms with E-state index in [0.717, 1.165) is 38.5 Å². The normalized spacial score (nSPS) is 11.8. The third-order valence-electron chi connectivity index (χ3n) is 6.75. The number of benzene rings is 1. The molecule has 0 radical (unpaired) electrons. The number of ether oxygens (including phenoxy) is 3. The Hall–Kier alpha value is -2.95. The van der Waals surface area contributed by atoms with Crippen molar-refractivity contribution in [2.75, 3.05) is 19.8 Å². The molecule has 222 valence electrons. The molecule has 0 N–H and O–H groups in total. The highest BCUT2D eigenvalue weighted by atomic mass is 16.5. The molecule has 1 aromatic heterocycles. The highest BCUT2D eigenvalue weighted by Gasteiger charge is 2.21. The first-order valence-corrected chi connectivity index (χ1v) is 15.4. The number of hydrogen-bond acceptors (Lipinski definition) is 5. The minimum absolute atomic E-state index is 0.113. The summed E-state index contributed by atoms with van der Waals surface area (Å²) < 4.78 is 24.1. The van der Waals surface area contributed by atoms with Gasteiger partial charge in [0.1, 0.15) is 23.3 Å². The van der Waals surface area contributed by atoms with E-state index >= 15 is 0 Å². The smallest absolute Gasteiger partial charge is 0.383 e. The van der Waals surface area contributed by atoms with Crippen LogP contribution in [0.4, 0.5) is 0 Å². The lowest BCUT2D eigenvalue weighted by molar-refractivity contribution is 0.267. The van der Waals surface area contributed by atoms with E-state index in [1.807, 2.05) is 18.2 Å². The molecule has 0 aliphatic carbocycles.